The second-order valence-corrected chi connectivity index (χ2v) is 8.48. The van der Waals surface area contributed by atoms with Crippen LogP contribution < -0.4 is 4.72 Å². The number of nitrogens with one attached hydrogen (secondary N) is 1. The minimum atomic E-state index is -3.81. The molecule has 2 aromatic heterocycles. The van der Waals surface area contributed by atoms with Crippen LogP contribution in [0.25, 0.3) is 10.7 Å². The average molecular weight is 407 g/mol. The van der Waals surface area contributed by atoms with Crippen LogP contribution in [0.3, 0.4) is 0 Å². The van der Waals surface area contributed by atoms with Crippen molar-refractivity contribution >= 4 is 33.0 Å². The fourth-order valence-corrected chi connectivity index (χ4v) is 4.92. The molecule has 0 radical (unpaired) electrons. The Hall–Kier alpha value is -2.72. The van der Waals surface area contributed by atoms with E-state index in [1.54, 1.807) is 20.8 Å². The van der Waals surface area contributed by atoms with E-state index in [1.165, 1.54) is 41.7 Å². The van der Waals surface area contributed by atoms with Crippen LogP contribution in [0.15, 0.2) is 39.8 Å². The number of aromatic nitrogens is 2. The van der Waals surface area contributed by atoms with Crippen molar-refractivity contribution in [3.8, 4) is 10.7 Å². The maximum absolute atomic E-state index is 12.7. The SMILES string of the molecule is CCOC(=O)c1ccc(NS(=O)(=O)c2cc(-c3noc(C)n3)sc2C)cc1. The first-order valence-electron chi connectivity index (χ1n) is 8.01. The third-order valence-electron chi connectivity index (χ3n) is 3.56. The van der Waals surface area contributed by atoms with Crippen molar-refractivity contribution in [1.29, 1.82) is 0 Å². The van der Waals surface area contributed by atoms with Crippen molar-refractivity contribution in [2.24, 2.45) is 0 Å². The monoisotopic (exact) mass is 407 g/mol. The minimum absolute atomic E-state index is 0.138. The van der Waals surface area contributed by atoms with Crippen LogP contribution in [0.5, 0.6) is 0 Å². The van der Waals surface area contributed by atoms with Crippen LogP contribution in [-0.2, 0) is 14.8 Å². The van der Waals surface area contributed by atoms with Gasteiger partial charge in [0.05, 0.1) is 17.0 Å². The van der Waals surface area contributed by atoms with E-state index < -0.39 is 16.0 Å². The van der Waals surface area contributed by atoms with Gasteiger partial charge in [-0.3, -0.25) is 4.72 Å². The molecule has 0 aliphatic heterocycles. The number of rotatable bonds is 6. The van der Waals surface area contributed by atoms with Crippen LogP contribution in [0, 0.1) is 13.8 Å². The van der Waals surface area contributed by atoms with Gasteiger partial charge in [-0.25, -0.2) is 13.2 Å². The zero-order valence-electron chi connectivity index (χ0n) is 14.8. The number of hydrogen-bond acceptors (Lipinski definition) is 8. The van der Waals surface area contributed by atoms with Crippen molar-refractivity contribution in [1.82, 2.24) is 10.1 Å². The molecule has 0 unspecified atom stereocenters. The predicted molar refractivity (Wildman–Crippen MR) is 100 cm³/mol. The number of esters is 1. The summed E-state index contributed by atoms with van der Waals surface area (Å²) in [5.74, 6) is 0.293. The van der Waals surface area contributed by atoms with Crippen LogP contribution in [-0.4, -0.2) is 31.1 Å². The van der Waals surface area contributed by atoms with E-state index in [1.807, 2.05) is 0 Å². The lowest BCUT2D eigenvalue weighted by atomic mass is 10.2. The number of carbonyl (C=O) groups is 1. The van der Waals surface area contributed by atoms with Gasteiger partial charge in [-0.15, -0.1) is 11.3 Å². The molecule has 2 heterocycles. The summed E-state index contributed by atoms with van der Waals surface area (Å²) in [6.07, 6.45) is 0. The molecule has 0 saturated carbocycles. The molecule has 1 aromatic carbocycles. The number of nitrogens with zero attached hydrogens (tertiary/aromatic N) is 2. The van der Waals surface area contributed by atoms with E-state index in [2.05, 4.69) is 14.9 Å². The second kappa shape index (κ2) is 7.49. The summed E-state index contributed by atoms with van der Waals surface area (Å²) in [6.45, 7) is 5.36. The maximum atomic E-state index is 12.7. The third-order valence-corrected chi connectivity index (χ3v) is 6.24. The zero-order chi connectivity index (χ0) is 19.6. The molecule has 0 bridgehead atoms. The molecule has 0 aliphatic carbocycles. The summed E-state index contributed by atoms with van der Waals surface area (Å²) in [7, 11) is -3.81. The molecular weight excluding hydrogens is 390 g/mol. The van der Waals surface area contributed by atoms with E-state index in [0.717, 1.165) is 0 Å². The van der Waals surface area contributed by atoms with Gasteiger partial charge in [0.2, 0.25) is 11.7 Å². The van der Waals surface area contributed by atoms with E-state index >= 15 is 0 Å². The van der Waals surface area contributed by atoms with Crippen molar-refractivity contribution in [3.05, 3.63) is 46.7 Å². The summed E-state index contributed by atoms with van der Waals surface area (Å²) in [5.41, 5.74) is 0.687. The summed E-state index contributed by atoms with van der Waals surface area (Å²) < 4.78 is 37.8. The molecule has 0 atom stereocenters. The van der Waals surface area contributed by atoms with Gasteiger partial charge in [-0.2, -0.15) is 4.98 Å². The molecular formula is C17H17N3O5S2. The molecule has 0 fully saturated rings. The molecule has 10 heteroatoms. The van der Waals surface area contributed by atoms with E-state index in [0.29, 0.717) is 32.7 Å². The fourth-order valence-electron chi connectivity index (χ4n) is 2.34. The second-order valence-electron chi connectivity index (χ2n) is 5.57. The molecule has 3 aromatic rings. The van der Waals surface area contributed by atoms with Gasteiger partial charge in [0.1, 0.15) is 4.90 Å². The molecule has 3 rings (SSSR count). The maximum Gasteiger partial charge on any atom is 0.338 e. The number of hydrogen-bond donors (Lipinski definition) is 1. The highest BCUT2D eigenvalue weighted by atomic mass is 32.2. The molecule has 8 nitrogen and oxygen atoms in total. The first kappa shape index (κ1) is 19.1. The van der Waals surface area contributed by atoms with Crippen LogP contribution in [0.4, 0.5) is 5.69 Å². The molecule has 0 amide bonds. The molecule has 1 N–H and O–H groups in total. The summed E-state index contributed by atoms with van der Waals surface area (Å²) in [5, 5.41) is 3.81. The zero-order valence-corrected chi connectivity index (χ0v) is 16.5. The predicted octanol–water partition coefficient (Wildman–Crippen LogP) is 3.39. The average Bonchev–Trinajstić information content (AvgIpc) is 3.21. The van der Waals surface area contributed by atoms with E-state index in [-0.39, 0.29) is 11.5 Å². The lowest BCUT2D eigenvalue weighted by Gasteiger charge is -2.08. The quantitative estimate of drug-likeness (QED) is 0.623. The highest BCUT2D eigenvalue weighted by Gasteiger charge is 2.22. The normalized spacial score (nSPS) is 11.4. The molecule has 0 saturated heterocycles. The summed E-state index contributed by atoms with van der Waals surface area (Å²) in [4.78, 5) is 17.1. The van der Waals surface area contributed by atoms with Gasteiger partial charge in [-0.05, 0) is 44.2 Å². The van der Waals surface area contributed by atoms with Gasteiger partial charge in [0.15, 0.2) is 0 Å². The molecule has 0 spiro atoms. The summed E-state index contributed by atoms with van der Waals surface area (Å²) >= 11 is 1.26. The molecule has 27 heavy (non-hydrogen) atoms. The number of anilines is 1. The Kier molecular flexibility index (Phi) is 5.29. The van der Waals surface area contributed by atoms with Gasteiger partial charge >= 0.3 is 5.97 Å². The molecule has 142 valence electrons. The third kappa shape index (κ3) is 4.17. The number of thiophene rings is 1. The van der Waals surface area contributed by atoms with Crippen LogP contribution >= 0.6 is 11.3 Å². The number of ether oxygens (including phenoxy) is 1. The van der Waals surface area contributed by atoms with Crippen LogP contribution in [0.1, 0.15) is 28.0 Å². The van der Waals surface area contributed by atoms with Crippen molar-refractivity contribution in [2.45, 2.75) is 25.7 Å². The topological polar surface area (TPSA) is 111 Å². The standard InChI is InChI=1S/C17H17N3O5S2/c1-4-24-17(21)12-5-7-13(8-6-12)20-27(22,23)15-9-14(26-10(15)2)16-18-11(3)25-19-16/h5-9,20H,4H2,1-3H3. The summed E-state index contributed by atoms with van der Waals surface area (Å²) in [6, 6.07) is 7.54. The number of sulfonamides is 1. The Balaban J connectivity index is 1.83. The first-order valence-corrected chi connectivity index (χ1v) is 10.3. The van der Waals surface area contributed by atoms with Crippen molar-refractivity contribution < 1.29 is 22.5 Å². The Morgan fingerprint density at radius 2 is 1.96 bits per heavy atom. The first-order chi connectivity index (χ1) is 12.8. The van der Waals surface area contributed by atoms with E-state index in [4.69, 9.17) is 9.26 Å². The lowest BCUT2D eigenvalue weighted by Crippen LogP contribution is -2.13. The fraction of sp³-hybridized carbons (Fsp3) is 0.235. The Morgan fingerprint density at radius 1 is 1.26 bits per heavy atom. The van der Waals surface area contributed by atoms with Crippen molar-refractivity contribution in [2.75, 3.05) is 11.3 Å². The highest BCUT2D eigenvalue weighted by Crippen LogP contribution is 2.33. The minimum Gasteiger partial charge on any atom is -0.462 e. The van der Waals surface area contributed by atoms with E-state index in [9.17, 15) is 13.2 Å². The number of benzene rings is 1. The van der Waals surface area contributed by atoms with Crippen molar-refractivity contribution in [3.63, 3.8) is 0 Å². The number of carbonyl (C=O) groups excluding carboxylic acids is 1. The largest absolute Gasteiger partial charge is 0.462 e. The highest BCUT2D eigenvalue weighted by molar-refractivity contribution is 7.93. The van der Waals surface area contributed by atoms with Gasteiger partial charge in [0.25, 0.3) is 10.0 Å². The lowest BCUT2D eigenvalue weighted by molar-refractivity contribution is 0.0526. The van der Waals surface area contributed by atoms with Gasteiger partial charge < -0.3 is 9.26 Å². The molecule has 0 aliphatic rings. The Morgan fingerprint density at radius 3 is 2.56 bits per heavy atom. The smallest absolute Gasteiger partial charge is 0.338 e. The number of aryl methyl sites for hydroxylation is 2. The Labute approximate surface area is 160 Å². The Bertz CT molecular complexity index is 1070. The van der Waals surface area contributed by atoms with Gasteiger partial charge in [-0.1, -0.05) is 5.16 Å². The van der Waals surface area contributed by atoms with Crippen LogP contribution in [0.2, 0.25) is 0 Å². The van der Waals surface area contributed by atoms with Gasteiger partial charge in [0, 0.05) is 17.5 Å².